The summed E-state index contributed by atoms with van der Waals surface area (Å²) in [4.78, 5) is 23.1. The van der Waals surface area contributed by atoms with Gasteiger partial charge in [-0.2, -0.15) is 0 Å². The standard InChI is InChI=1S/C19H29N3O4/c1-14(16-6-3-7-17(12-16)22-15(2)23)21-19(24)20-9-5-10-25-13-18-8-4-11-26-18/h3,6-7,12,14,18H,4-5,8-11,13H2,1-2H3,(H,22,23)(H2,20,21,24). The van der Waals surface area contributed by atoms with Crippen molar-refractivity contribution >= 4 is 17.6 Å². The number of ether oxygens (including phenoxy) is 2. The van der Waals surface area contributed by atoms with E-state index in [0.29, 0.717) is 25.4 Å². The van der Waals surface area contributed by atoms with Crippen LogP contribution in [-0.2, 0) is 14.3 Å². The monoisotopic (exact) mass is 363 g/mol. The number of carbonyl (C=O) groups is 2. The Morgan fingerprint density at radius 2 is 2.23 bits per heavy atom. The molecular weight excluding hydrogens is 334 g/mol. The summed E-state index contributed by atoms with van der Waals surface area (Å²) in [6.07, 6.45) is 3.18. The average molecular weight is 363 g/mol. The Hall–Kier alpha value is -2.12. The van der Waals surface area contributed by atoms with Gasteiger partial charge in [-0.1, -0.05) is 12.1 Å². The predicted molar refractivity (Wildman–Crippen MR) is 100 cm³/mol. The lowest BCUT2D eigenvalue weighted by Gasteiger charge is -2.16. The highest BCUT2D eigenvalue weighted by molar-refractivity contribution is 5.88. The lowest BCUT2D eigenvalue weighted by molar-refractivity contribution is -0.114. The minimum atomic E-state index is -0.221. The maximum atomic E-state index is 12.0. The maximum absolute atomic E-state index is 12.0. The summed E-state index contributed by atoms with van der Waals surface area (Å²) in [6, 6.07) is 7.04. The zero-order chi connectivity index (χ0) is 18.8. The normalized spacial score (nSPS) is 17.5. The van der Waals surface area contributed by atoms with Gasteiger partial charge in [0.25, 0.3) is 0 Å². The van der Waals surface area contributed by atoms with E-state index in [1.54, 1.807) is 0 Å². The van der Waals surface area contributed by atoms with E-state index in [0.717, 1.165) is 31.4 Å². The van der Waals surface area contributed by atoms with Crippen molar-refractivity contribution in [1.29, 1.82) is 0 Å². The molecule has 1 heterocycles. The molecule has 1 fully saturated rings. The molecule has 2 unspecified atom stereocenters. The first-order valence-corrected chi connectivity index (χ1v) is 9.16. The molecule has 26 heavy (non-hydrogen) atoms. The highest BCUT2D eigenvalue weighted by atomic mass is 16.5. The number of anilines is 1. The van der Waals surface area contributed by atoms with Crippen molar-refractivity contribution in [2.45, 2.75) is 45.3 Å². The molecule has 1 aromatic carbocycles. The SMILES string of the molecule is CC(=O)Nc1cccc(C(C)NC(=O)NCCCOCC2CCCO2)c1. The Balaban J connectivity index is 1.61. The van der Waals surface area contributed by atoms with Gasteiger partial charge in [0.05, 0.1) is 18.8 Å². The van der Waals surface area contributed by atoms with Crippen molar-refractivity contribution in [2.75, 3.05) is 31.7 Å². The number of carbonyl (C=O) groups excluding carboxylic acids is 2. The number of nitrogens with one attached hydrogen (secondary N) is 3. The van der Waals surface area contributed by atoms with Crippen molar-refractivity contribution in [2.24, 2.45) is 0 Å². The largest absolute Gasteiger partial charge is 0.379 e. The lowest BCUT2D eigenvalue weighted by atomic mass is 10.1. The van der Waals surface area contributed by atoms with Crippen LogP contribution in [0, 0.1) is 0 Å². The van der Waals surface area contributed by atoms with E-state index in [1.165, 1.54) is 6.92 Å². The summed E-state index contributed by atoms with van der Waals surface area (Å²) in [5, 5.41) is 8.45. The van der Waals surface area contributed by atoms with Crippen molar-refractivity contribution in [3.63, 3.8) is 0 Å². The minimum absolute atomic E-state index is 0.123. The molecule has 0 saturated carbocycles. The fraction of sp³-hybridized carbons (Fsp3) is 0.579. The average Bonchev–Trinajstić information content (AvgIpc) is 3.11. The van der Waals surface area contributed by atoms with E-state index >= 15 is 0 Å². The summed E-state index contributed by atoms with van der Waals surface area (Å²) in [5.41, 5.74) is 1.64. The molecule has 0 bridgehead atoms. The minimum Gasteiger partial charge on any atom is -0.379 e. The number of urea groups is 1. The van der Waals surface area contributed by atoms with Crippen LogP contribution >= 0.6 is 0 Å². The van der Waals surface area contributed by atoms with Crippen molar-refractivity contribution in [1.82, 2.24) is 10.6 Å². The van der Waals surface area contributed by atoms with Crippen LogP contribution in [0.2, 0.25) is 0 Å². The van der Waals surface area contributed by atoms with Gasteiger partial charge in [-0.05, 0) is 43.9 Å². The topological polar surface area (TPSA) is 88.7 Å². The molecule has 1 aromatic rings. The first-order valence-electron chi connectivity index (χ1n) is 9.16. The first-order chi connectivity index (χ1) is 12.5. The summed E-state index contributed by atoms with van der Waals surface area (Å²) >= 11 is 0. The van der Waals surface area contributed by atoms with E-state index < -0.39 is 0 Å². The highest BCUT2D eigenvalue weighted by Gasteiger charge is 2.15. The molecule has 0 aliphatic carbocycles. The van der Waals surface area contributed by atoms with Crippen molar-refractivity contribution in [3.05, 3.63) is 29.8 Å². The van der Waals surface area contributed by atoms with Crippen molar-refractivity contribution < 1.29 is 19.1 Å². The number of amides is 3. The smallest absolute Gasteiger partial charge is 0.315 e. The van der Waals surface area contributed by atoms with Crippen LogP contribution in [0.25, 0.3) is 0 Å². The Morgan fingerprint density at radius 1 is 1.38 bits per heavy atom. The Bertz CT molecular complexity index is 588. The molecular formula is C19H29N3O4. The third kappa shape index (κ3) is 7.41. The van der Waals surface area contributed by atoms with Crippen LogP contribution in [0.5, 0.6) is 0 Å². The maximum Gasteiger partial charge on any atom is 0.315 e. The van der Waals surface area contributed by atoms with E-state index in [1.807, 2.05) is 31.2 Å². The molecule has 7 nitrogen and oxygen atoms in total. The van der Waals surface area contributed by atoms with Gasteiger partial charge in [-0.3, -0.25) is 4.79 Å². The van der Waals surface area contributed by atoms with Gasteiger partial charge >= 0.3 is 6.03 Å². The number of benzene rings is 1. The van der Waals surface area contributed by atoms with E-state index in [2.05, 4.69) is 16.0 Å². The summed E-state index contributed by atoms with van der Waals surface area (Å²) in [5.74, 6) is -0.123. The Morgan fingerprint density at radius 3 is 2.96 bits per heavy atom. The fourth-order valence-corrected chi connectivity index (χ4v) is 2.79. The molecule has 1 aliphatic rings. The molecule has 7 heteroatoms. The van der Waals surface area contributed by atoms with E-state index in [9.17, 15) is 9.59 Å². The number of hydrogen-bond acceptors (Lipinski definition) is 4. The van der Waals surface area contributed by atoms with Gasteiger partial charge in [0.15, 0.2) is 0 Å². The molecule has 3 amide bonds. The van der Waals surface area contributed by atoms with Crippen LogP contribution < -0.4 is 16.0 Å². The molecule has 2 rings (SSSR count). The van der Waals surface area contributed by atoms with Gasteiger partial charge in [0, 0.05) is 32.4 Å². The highest BCUT2D eigenvalue weighted by Crippen LogP contribution is 2.17. The lowest BCUT2D eigenvalue weighted by Crippen LogP contribution is -2.37. The quantitative estimate of drug-likeness (QED) is 0.589. The molecule has 1 saturated heterocycles. The van der Waals surface area contributed by atoms with Crippen LogP contribution in [0.1, 0.15) is 44.7 Å². The zero-order valence-corrected chi connectivity index (χ0v) is 15.5. The molecule has 0 radical (unpaired) electrons. The molecule has 144 valence electrons. The van der Waals surface area contributed by atoms with E-state index in [4.69, 9.17) is 9.47 Å². The second-order valence-electron chi connectivity index (χ2n) is 6.49. The Kier molecular flexibility index (Phi) is 8.37. The number of hydrogen-bond donors (Lipinski definition) is 3. The molecule has 2 atom stereocenters. The van der Waals surface area contributed by atoms with Crippen molar-refractivity contribution in [3.8, 4) is 0 Å². The van der Waals surface area contributed by atoms with Gasteiger partial charge in [-0.25, -0.2) is 4.79 Å². The summed E-state index contributed by atoms with van der Waals surface area (Å²) in [7, 11) is 0. The predicted octanol–water partition coefficient (Wildman–Crippen LogP) is 2.59. The molecule has 1 aliphatic heterocycles. The second kappa shape index (κ2) is 10.8. The fourth-order valence-electron chi connectivity index (χ4n) is 2.79. The molecule has 0 aromatic heterocycles. The van der Waals surface area contributed by atoms with Crippen LogP contribution in [0.4, 0.5) is 10.5 Å². The first kappa shape index (κ1) is 20.2. The van der Waals surface area contributed by atoms with Gasteiger partial charge in [0.1, 0.15) is 0 Å². The summed E-state index contributed by atoms with van der Waals surface area (Å²) < 4.78 is 11.0. The second-order valence-corrected chi connectivity index (χ2v) is 6.49. The van der Waals surface area contributed by atoms with Gasteiger partial charge in [0.2, 0.25) is 5.91 Å². The van der Waals surface area contributed by atoms with Crippen LogP contribution in [0.15, 0.2) is 24.3 Å². The molecule has 0 spiro atoms. The van der Waals surface area contributed by atoms with Crippen LogP contribution in [-0.4, -0.2) is 44.4 Å². The van der Waals surface area contributed by atoms with Gasteiger partial charge in [-0.15, -0.1) is 0 Å². The van der Waals surface area contributed by atoms with Gasteiger partial charge < -0.3 is 25.4 Å². The van der Waals surface area contributed by atoms with E-state index in [-0.39, 0.29) is 24.1 Å². The van der Waals surface area contributed by atoms with Crippen LogP contribution in [0.3, 0.4) is 0 Å². The zero-order valence-electron chi connectivity index (χ0n) is 15.5. The third-order valence-corrected chi connectivity index (χ3v) is 4.13. The Labute approximate surface area is 154 Å². The molecule has 3 N–H and O–H groups in total. The number of rotatable bonds is 9. The third-order valence-electron chi connectivity index (χ3n) is 4.13. The summed E-state index contributed by atoms with van der Waals surface area (Å²) in [6.45, 7) is 5.99.